The van der Waals surface area contributed by atoms with Crippen LogP contribution in [0.1, 0.15) is 16.9 Å². The van der Waals surface area contributed by atoms with Gasteiger partial charge in [-0.05, 0) is 53.8 Å². The minimum atomic E-state index is -0.396. The maximum atomic E-state index is 12.8. The first-order chi connectivity index (χ1) is 12.6. The lowest BCUT2D eigenvalue weighted by Gasteiger charge is -2.30. The lowest BCUT2D eigenvalue weighted by atomic mass is 10.0. The van der Waals surface area contributed by atoms with E-state index in [4.69, 9.17) is 0 Å². The lowest BCUT2D eigenvalue weighted by Crippen LogP contribution is -2.44. The average molecular weight is 384 g/mol. The van der Waals surface area contributed by atoms with Gasteiger partial charge in [-0.25, -0.2) is 0 Å². The van der Waals surface area contributed by atoms with Crippen LogP contribution < -0.4 is 4.90 Å². The van der Waals surface area contributed by atoms with Crippen LogP contribution in [0.15, 0.2) is 46.7 Å². The number of amides is 3. The molecule has 0 atom stereocenters. The number of anilines is 1. The van der Waals surface area contributed by atoms with E-state index in [2.05, 4.69) is 0 Å². The van der Waals surface area contributed by atoms with Crippen molar-refractivity contribution < 1.29 is 14.4 Å². The Balaban J connectivity index is 1.52. The van der Waals surface area contributed by atoms with Gasteiger partial charge in [0.25, 0.3) is 11.1 Å². The average Bonchev–Trinajstić information content (AvgIpc) is 3.25. The molecule has 26 heavy (non-hydrogen) atoms. The Morgan fingerprint density at radius 1 is 1.15 bits per heavy atom. The summed E-state index contributed by atoms with van der Waals surface area (Å²) in [6, 6.07) is 11.6. The highest BCUT2D eigenvalue weighted by atomic mass is 32.2. The van der Waals surface area contributed by atoms with E-state index in [1.807, 2.05) is 41.8 Å². The fraction of sp³-hybridized carbons (Fsp3) is 0.211. The van der Waals surface area contributed by atoms with Gasteiger partial charge in [-0.2, -0.15) is 0 Å². The topological polar surface area (TPSA) is 57.7 Å². The number of aryl methyl sites for hydroxylation is 1. The van der Waals surface area contributed by atoms with Crippen LogP contribution in [-0.2, 0) is 16.0 Å². The van der Waals surface area contributed by atoms with Gasteiger partial charge in [-0.1, -0.05) is 24.3 Å². The number of imide groups is 1. The monoisotopic (exact) mass is 384 g/mol. The molecule has 5 nitrogen and oxygen atoms in total. The Morgan fingerprint density at radius 3 is 2.81 bits per heavy atom. The number of thiophene rings is 1. The van der Waals surface area contributed by atoms with Crippen molar-refractivity contribution in [2.75, 3.05) is 18.0 Å². The number of rotatable bonds is 3. The molecule has 3 amide bonds. The van der Waals surface area contributed by atoms with Crippen LogP contribution >= 0.6 is 23.1 Å². The molecule has 7 heteroatoms. The summed E-state index contributed by atoms with van der Waals surface area (Å²) in [6.07, 6.45) is 3.52. The molecule has 0 saturated carbocycles. The van der Waals surface area contributed by atoms with E-state index in [0.717, 1.165) is 45.6 Å². The number of fused-ring (bicyclic) bond motifs is 1. The smallest absolute Gasteiger partial charge is 0.294 e. The van der Waals surface area contributed by atoms with Gasteiger partial charge in [0, 0.05) is 17.1 Å². The molecule has 0 radical (unpaired) electrons. The van der Waals surface area contributed by atoms with Crippen LogP contribution in [-0.4, -0.2) is 35.0 Å². The summed E-state index contributed by atoms with van der Waals surface area (Å²) in [5, 5.41) is 1.52. The number of hydrogen-bond donors (Lipinski definition) is 0. The van der Waals surface area contributed by atoms with Gasteiger partial charge in [0.15, 0.2) is 0 Å². The summed E-state index contributed by atoms with van der Waals surface area (Å²) in [7, 11) is 0. The normalized spacial score (nSPS) is 18.5. The number of nitrogens with zero attached hydrogens (tertiary/aromatic N) is 2. The second-order valence-corrected chi connectivity index (χ2v) is 8.03. The van der Waals surface area contributed by atoms with Crippen LogP contribution in [0.2, 0.25) is 0 Å². The molecule has 1 fully saturated rings. The van der Waals surface area contributed by atoms with E-state index in [9.17, 15) is 14.4 Å². The predicted molar refractivity (Wildman–Crippen MR) is 104 cm³/mol. The number of hydrogen-bond acceptors (Lipinski definition) is 5. The van der Waals surface area contributed by atoms with Crippen molar-refractivity contribution in [2.45, 2.75) is 12.8 Å². The lowest BCUT2D eigenvalue weighted by molar-refractivity contribution is -0.128. The standard InChI is InChI=1S/C19H16N2O3S2/c22-17(20-9-3-6-13-5-1-2-8-15(13)20)12-21-18(23)16(26-19(21)24)11-14-7-4-10-25-14/h1-2,4-5,7-8,10-11H,3,6,9,12H2/b16-11-. The number of carbonyl (C=O) groups is 3. The van der Waals surface area contributed by atoms with Crippen LogP contribution in [0.5, 0.6) is 0 Å². The second-order valence-electron chi connectivity index (χ2n) is 6.06. The molecular formula is C19H16N2O3S2. The third kappa shape index (κ3) is 3.20. The van der Waals surface area contributed by atoms with Crippen molar-refractivity contribution in [3.8, 4) is 0 Å². The molecule has 2 aromatic rings. The number of thioether (sulfide) groups is 1. The maximum absolute atomic E-state index is 12.8. The van der Waals surface area contributed by atoms with Gasteiger partial charge in [0.05, 0.1) is 4.91 Å². The molecule has 0 spiro atoms. The molecule has 132 valence electrons. The zero-order valence-corrected chi connectivity index (χ0v) is 15.5. The van der Waals surface area contributed by atoms with Gasteiger partial charge in [-0.15, -0.1) is 11.3 Å². The van der Waals surface area contributed by atoms with E-state index in [1.165, 1.54) is 11.3 Å². The van der Waals surface area contributed by atoms with E-state index >= 15 is 0 Å². The largest absolute Gasteiger partial charge is 0.311 e. The fourth-order valence-electron chi connectivity index (χ4n) is 3.15. The maximum Gasteiger partial charge on any atom is 0.294 e. The highest BCUT2D eigenvalue weighted by molar-refractivity contribution is 8.18. The Morgan fingerprint density at radius 2 is 2.00 bits per heavy atom. The highest BCUT2D eigenvalue weighted by Gasteiger charge is 2.37. The second kappa shape index (κ2) is 7.09. The Kier molecular flexibility index (Phi) is 4.65. The summed E-state index contributed by atoms with van der Waals surface area (Å²) in [4.78, 5) is 41.6. The summed E-state index contributed by atoms with van der Waals surface area (Å²) in [6.45, 7) is 0.387. The first-order valence-electron chi connectivity index (χ1n) is 8.30. The molecule has 3 heterocycles. The van der Waals surface area contributed by atoms with E-state index in [0.29, 0.717) is 11.4 Å². The fourth-order valence-corrected chi connectivity index (χ4v) is 4.71. The Hall–Kier alpha value is -2.38. The van der Waals surface area contributed by atoms with E-state index in [-0.39, 0.29) is 12.5 Å². The van der Waals surface area contributed by atoms with Gasteiger partial charge in [0.2, 0.25) is 5.91 Å². The SMILES string of the molecule is O=C1S/C(=C\c2cccs2)C(=O)N1CC(=O)N1CCCc2ccccc21. The number of benzene rings is 1. The zero-order chi connectivity index (χ0) is 18.1. The third-order valence-corrected chi connectivity index (χ3v) is 6.12. The minimum absolute atomic E-state index is 0.221. The van der Waals surface area contributed by atoms with Crippen LogP contribution in [0.4, 0.5) is 10.5 Å². The van der Waals surface area contributed by atoms with Crippen molar-refractivity contribution in [3.05, 3.63) is 57.1 Å². The van der Waals surface area contributed by atoms with Crippen molar-refractivity contribution in [1.29, 1.82) is 0 Å². The van der Waals surface area contributed by atoms with Crippen molar-refractivity contribution >= 4 is 51.9 Å². The molecule has 2 aliphatic heterocycles. The highest BCUT2D eigenvalue weighted by Crippen LogP contribution is 2.33. The van der Waals surface area contributed by atoms with Crippen LogP contribution in [0.3, 0.4) is 0 Å². The van der Waals surface area contributed by atoms with E-state index in [1.54, 1.807) is 11.0 Å². The van der Waals surface area contributed by atoms with Crippen molar-refractivity contribution in [3.63, 3.8) is 0 Å². The zero-order valence-electron chi connectivity index (χ0n) is 13.9. The van der Waals surface area contributed by atoms with Crippen LogP contribution in [0, 0.1) is 0 Å². The molecular weight excluding hydrogens is 368 g/mol. The van der Waals surface area contributed by atoms with E-state index < -0.39 is 11.1 Å². The molecule has 1 aromatic carbocycles. The quantitative estimate of drug-likeness (QED) is 0.756. The molecule has 2 aliphatic rings. The summed E-state index contributed by atoms with van der Waals surface area (Å²) in [5.41, 5.74) is 2.00. The summed E-state index contributed by atoms with van der Waals surface area (Å²) in [5.74, 6) is -0.621. The Labute approximate surface area is 159 Å². The molecule has 0 bridgehead atoms. The van der Waals surface area contributed by atoms with Gasteiger partial charge in [-0.3, -0.25) is 19.3 Å². The molecule has 4 rings (SSSR count). The first-order valence-corrected chi connectivity index (χ1v) is 10.0. The van der Waals surface area contributed by atoms with Gasteiger partial charge < -0.3 is 4.90 Å². The first kappa shape index (κ1) is 17.1. The van der Waals surface area contributed by atoms with Crippen LogP contribution in [0.25, 0.3) is 6.08 Å². The third-order valence-electron chi connectivity index (χ3n) is 4.39. The van der Waals surface area contributed by atoms with Crippen molar-refractivity contribution in [2.24, 2.45) is 0 Å². The van der Waals surface area contributed by atoms with Crippen molar-refractivity contribution in [1.82, 2.24) is 4.90 Å². The Bertz CT molecular complexity index is 905. The molecule has 1 saturated heterocycles. The predicted octanol–water partition coefficient (Wildman–Crippen LogP) is 3.76. The number of para-hydroxylation sites is 1. The summed E-state index contributed by atoms with van der Waals surface area (Å²) < 4.78 is 0. The van der Waals surface area contributed by atoms with Gasteiger partial charge >= 0.3 is 0 Å². The molecule has 0 N–H and O–H groups in total. The number of carbonyl (C=O) groups excluding carboxylic acids is 3. The summed E-state index contributed by atoms with van der Waals surface area (Å²) >= 11 is 2.38. The minimum Gasteiger partial charge on any atom is -0.311 e. The van der Waals surface area contributed by atoms with Gasteiger partial charge in [0.1, 0.15) is 6.54 Å². The molecule has 0 aliphatic carbocycles. The molecule has 1 aromatic heterocycles. The molecule has 0 unspecified atom stereocenters.